The SMILES string of the molecule is COc1ccc([C@@H](OC(=O)Nc2ccc3c(c2)OCO3)[C@@H](CCOC(=O)CS)Oc2ccccc2)cc1O. The van der Waals surface area contributed by atoms with Gasteiger partial charge in [0.25, 0.3) is 0 Å². The minimum Gasteiger partial charge on any atom is -0.504 e. The maximum Gasteiger partial charge on any atom is 0.412 e. The number of benzene rings is 3. The Bertz CT molecular complexity index is 1250. The summed E-state index contributed by atoms with van der Waals surface area (Å²) in [6.07, 6.45) is -2.43. The fraction of sp³-hybridized carbons (Fsp3) is 0.259. The molecule has 11 heteroatoms. The molecule has 1 heterocycles. The molecular formula is C27H27NO9S. The molecule has 1 aliphatic heterocycles. The Kier molecular flexibility index (Phi) is 9.04. The summed E-state index contributed by atoms with van der Waals surface area (Å²) in [5.41, 5.74) is 0.865. The van der Waals surface area contributed by atoms with E-state index < -0.39 is 24.3 Å². The molecule has 4 rings (SSSR count). The smallest absolute Gasteiger partial charge is 0.412 e. The van der Waals surface area contributed by atoms with Gasteiger partial charge in [0.15, 0.2) is 29.1 Å². The topological polar surface area (TPSA) is 122 Å². The van der Waals surface area contributed by atoms with Crippen molar-refractivity contribution in [2.24, 2.45) is 0 Å². The fourth-order valence-electron chi connectivity index (χ4n) is 3.76. The van der Waals surface area contributed by atoms with Crippen molar-refractivity contribution in [2.75, 3.05) is 31.6 Å². The second kappa shape index (κ2) is 12.8. The van der Waals surface area contributed by atoms with Crippen LogP contribution in [0.1, 0.15) is 18.1 Å². The van der Waals surface area contributed by atoms with Crippen LogP contribution in [-0.2, 0) is 14.3 Å². The average molecular weight is 542 g/mol. The van der Waals surface area contributed by atoms with Crippen molar-refractivity contribution in [1.82, 2.24) is 0 Å². The van der Waals surface area contributed by atoms with Crippen LogP contribution in [-0.4, -0.2) is 49.5 Å². The van der Waals surface area contributed by atoms with E-state index >= 15 is 0 Å². The van der Waals surface area contributed by atoms with Crippen LogP contribution in [0.15, 0.2) is 66.7 Å². The third-order valence-electron chi connectivity index (χ3n) is 5.55. The van der Waals surface area contributed by atoms with Gasteiger partial charge in [-0.1, -0.05) is 24.3 Å². The van der Waals surface area contributed by atoms with Crippen LogP contribution in [0.25, 0.3) is 0 Å². The van der Waals surface area contributed by atoms with E-state index in [9.17, 15) is 14.7 Å². The summed E-state index contributed by atoms with van der Waals surface area (Å²) in [6.45, 7) is 0.0885. The Morgan fingerprint density at radius 1 is 1.05 bits per heavy atom. The van der Waals surface area contributed by atoms with Crippen LogP contribution in [0.3, 0.4) is 0 Å². The lowest BCUT2D eigenvalue weighted by atomic mass is 10.0. The zero-order valence-electron chi connectivity index (χ0n) is 20.5. The van der Waals surface area contributed by atoms with Crippen LogP contribution in [0.4, 0.5) is 10.5 Å². The minimum atomic E-state index is -1.02. The highest BCUT2D eigenvalue weighted by atomic mass is 32.1. The molecule has 0 saturated carbocycles. The molecule has 0 aromatic heterocycles. The highest BCUT2D eigenvalue weighted by Crippen LogP contribution is 2.36. The number of methoxy groups -OCH3 is 1. The van der Waals surface area contributed by atoms with E-state index in [0.717, 1.165) is 0 Å². The number of para-hydroxylation sites is 1. The van der Waals surface area contributed by atoms with Gasteiger partial charge in [0.2, 0.25) is 6.79 Å². The number of esters is 1. The quantitative estimate of drug-likeness (QED) is 0.234. The van der Waals surface area contributed by atoms with Crippen molar-refractivity contribution in [1.29, 1.82) is 0 Å². The van der Waals surface area contributed by atoms with E-state index in [4.69, 9.17) is 28.4 Å². The summed E-state index contributed by atoms with van der Waals surface area (Å²) >= 11 is 3.93. The average Bonchev–Trinajstić information content (AvgIpc) is 3.39. The third-order valence-corrected chi connectivity index (χ3v) is 5.81. The van der Waals surface area contributed by atoms with Crippen LogP contribution in [0, 0.1) is 0 Å². The molecule has 10 nitrogen and oxygen atoms in total. The number of phenolic OH excluding ortho intramolecular Hbond substituents is 1. The molecule has 3 aromatic rings. The van der Waals surface area contributed by atoms with Crippen molar-refractivity contribution in [3.8, 4) is 28.7 Å². The predicted octanol–water partition coefficient (Wildman–Crippen LogP) is 4.73. The first-order valence-electron chi connectivity index (χ1n) is 11.7. The van der Waals surface area contributed by atoms with Crippen molar-refractivity contribution in [3.63, 3.8) is 0 Å². The number of ether oxygens (including phenoxy) is 6. The van der Waals surface area contributed by atoms with Gasteiger partial charge in [0.1, 0.15) is 11.9 Å². The van der Waals surface area contributed by atoms with Crippen LogP contribution >= 0.6 is 12.6 Å². The molecule has 1 amide bonds. The second-order valence-corrected chi connectivity index (χ2v) is 8.40. The van der Waals surface area contributed by atoms with E-state index in [1.54, 1.807) is 54.6 Å². The first-order valence-corrected chi connectivity index (χ1v) is 12.3. The van der Waals surface area contributed by atoms with Crippen molar-refractivity contribution in [3.05, 3.63) is 72.3 Å². The molecule has 1 aliphatic rings. The largest absolute Gasteiger partial charge is 0.504 e. The molecule has 0 saturated heterocycles. The lowest BCUT2D eigenvalue weighted by Crippen LogP contribution is -2.32. The molecule has 3 aromatic carbocycles. The standard InChI is InChI=1S/C27H27NO9S/c1-32-21-9-7-17(13-20(21)29)26(37-27(31)28-18-8-10-22-24(14-18)35-16-34-22)23(11-12-33-25(30)15-38)36-19-5-3-2-4-6-19/h2-10,13-14,23,26,29,38H,11-12,15-16H2,1H3,(H,28,31)/t23-,26-/m1/s1. The van der Waals surface area contributed by atoms with Gasteiger partial charge in [0, 0.05) is 23.7 Å². The molecule has 0 unspecified atom stereocenters. The molecule has 0 aliphatic carbocycles. The first kappa shape index (κ1) is 26.8. The third kappa shape index (κ3) is 6.94. The molecule has 38 heavy (non-hydrogen) atoms. The lowest BCUT2D eigenvalue weighted by Gasteiger charge is -2.28. The number of phenols is 1. The monoisotopic (exact) mass is 541 g/mol. The maximum atomic E-state index is 13.0. The number of aromatic hydroxyl groups is 1. The molecular weight excluding hydrogens is 514 g/mol. The number of rotatable bonds is 11. The van der Waals surface area contributed by atoms with Gasteiger partial charge in [-0.2, -0.15) is 12.6 Å². The number of anilines is 1. The van der Waals surface area contributed by atoms with Crippen LogP contribution < -0.4 is 24.3 Å². The van der Waals surface area contributed by atoms with Gasteiger partial charge in [0.05, 0.1) is 19.5 Å². The molecule has 0 bridgehead atoms. The number of amides is 1. The molecule has 2 N–H and O–H groups in total. The summed E-state index contributed by atoms with van der Waals surface area (Å²) in [5, 5.41) is 13.1. The number of hydrogen-bond donors (Lipinski definition) is 3. The summed E-state index contributed by atoms with van der Waals surface area (Å²) in [7, 11) is 1.43. The van der Waals surface area contributed by atoms with Gasteiger partial charge < -0.3 is 33.5 Å². The van der Waals surface area contributed by atoms with Crippen molar-refractivity contribution in [2.45, 2.75) is 18.6 Å². The Balaban J connectivity index is 1.60. The van der Waals surface area contributed by atoms with Crippen LogP contribution in [0.5, 0.6) is 28.7 Å². The van der Waals surface area contributed by atoms with E-state index in [1.165, 1.54) is 13.2 Å². The highest BCUT2D eigenvalue weighted by Gasteiger charge is 2.31. The second-order valence-electron chi connectivity index (χ2n) is 8.09. The Hall–Kier alpha value is -4.25. The molecule has 200 valence electrons. The lowest BCUT2D eigenvalue weighted by molar-refractivity contribution is -0.141. The normalized spacial score (nSPS) is 13.2. The number of hydrogen-bond acceptors (Lipinski definition) is 10. The zero-order chi connectivity index (χ0) is 26.9. The molecule has 0 fully saturated rings. The number of carbonyl (C=O) groups excluding carboxylic acids is 2. The van der Waals surface area contributed by atoms with Crippen molar-refractivity contribution >= 4 is 30.4 Å². The van der Waals surface area contributed by atoms with E-state index in [1.807, 2.05) is 6.07 Å². The van der Waals surface area contributed by atoms with E-state index in [-0.39, 0.29) is 37.1 Å². The van der Waals surface area contributed by atoms with Gasteiger partial charge in [-0.3, -0.25) is 10.1 Å². The number of thiol groups is 1. The van der Waals surface area contributed by atoms with Gasteiger partial charge in [-0.25, -0.2) is 4.79 Å². The maximum absolute atomic E-state index is 13.0. The Labute approximate surface area is 224 Å². The predicted molar refractivity (Wildman–Crippen MR) is 140 cm³/mol. The van der Waals surface area contributed by atoms with E-state index in [2.05, 4.69) is 17.9 Å². The van der Waals surface area contributed by atoms with E-state index in [0.29, 0.717) is 28.5 Å². The highest BCUT2D eigenvalue weighted by molar-refractivity contribution is 7.81. The van der Waals surface area contributed by atoms with Gasteiger partial charge >= 0.3 is 12.1 Å². The molecule has 2 atom stereocenters. The zero-order valence-corrected chi connectivity index (χ0v) is 21.4. The summed E-state index contributed by atoms with van der Waals surface area (Å²) in [5.74, 6) is 1.12. The molecule has 0 spiro atoms. The molecule has 0 radical (unpaired) electrons. The summed E-state index contributed by atoms with van der Waals surface area (Å²) < 4.78 is 33.1. The number of carbonyl (C=O) groups is 2. The fourth-order valence-corrected chi connectivity index (χ4v) is 3.85. The minimum absolute atomic E-state index is 0.0112. The van der Waals surface area contributed by atoms with Gasteiger partial charge in [-0.05, 0) is 36.4 Å². The van der Waals surface area contributed by atoms with Gasteiger partial charge in [-0.15, -0.1) is 0 Å². The first-order chi connectivity index (χ1) is 18.5. The summed E-state index contributed by atoms with van der Waals surface area (Å²) in [6, 6.07) is 18.5. The summed E-state index contributed by atoms with van der Waals surface area (Å²) in [4.78, 5) is 24.7. The Morgan fingerprint density at radius 3 is 2.58 bits per heavy atom. The van der Waals surface area contributed by atoms with Crippen molar-refractivity contribution < 1.29 is 43.1 Å². The number of nitrogens with one attached hydrogen (secondary N) is 1. The van der Waals surface area contributed by atoms with Crippen LogP contribution in [0.2, 0.25) is 0 Å². The number of fused-ring (bicyclic) bond motifs is 1. The Morgan fingerprint density at radius 2 is 1.84 bits per heavy atom.